The van der Waals surface area contributed by atoms with Gasteiger partial charge in [0.2, 0.25) is 0 Å². The summed E-state index contributed by atoms with van der Waals surface area (Å²) in [4.78, 5) is 0. The number of fused-ring (bicyclic) bond motifs is 13. The number of rotatable bonds is 1. The van der Waals surface area contributed by atoms with Crippen LogP contribution in [-0.2, 0) is 5.41 Å². The van der Waals surface area contributed by atoms with Gasteiger partial charge in [-0.15, -0.1) is 10.9 Å². The van der Waals surface area contributed by atoms with Crippen molar-refractivity contribution in [2.75, 3.05) is 0 Å². The van der Waals surface area contributed by atoms with Gasteiger partial charge in [0.25, 0.3) is 0 Å². The third-order valence-electron chi connectivity index (χ3n) is 15.2. The normalized spacial score (nSPS) is 23.9. The van der Waals surface area contributed by atoms with Gasteiger partial charge in [0.1, 0.15) is 62.8 Å². The summed E-state index contributed by atoms with van der Waals surface area (Å²) in [6.45, 7) is 5.11. The maximum absolute atomic E-state index is 2.65. The topological polar surface area (TPSA) is 9.86 Å². The molecular weight excluding hydrogens is 607 g/mol. The summed E-state index contributed by atoms with van der Waals surface area (Å²) in [6, 6.07) is 24.2. The number of para-hydroxylation sites is 2. The minimum Gasteiger partial charge on any atom is -0.310 e. The maximum Gasteiger partial charge on any atom is 0.141 e. The van der Waals surface area contributed by atoms with Crippen molar-refractivity contribution in [3.63, 3.8) is 0 Å². The molecule has 0 amide bonds. The summed E-state index contributed by atoms with van der Waals surface area (Å²) in [5.74, 6) is 2.95. The Balaban J connectivity index is 1.33. The summed E-state index contributed by atoms with van der Waals surface area (Å²) in [5, 5.41) is 5.62. The Morgan fingerprint density at radius 1 is 0.549 bits per heavy atom. The number of benzene rings is 5. The molecule has 0 saturated heterocycles. The number of aromatic nitrogens is 2. The van der Waals surface area contributed by atoms with E-state index >= 15 is 0 Å². The average Bonchev–Trinajstić information content (AvgIpc) is 3.66. The van der Waals surface area contributed by atoms with Crippen LogP contribution in [0.3, 0.4) is 0 Å². The zero-order valence-electron chi connectivity index (χ0n) is 32.3. The summed E-state index contributed by atoms with van der Waals surface area (Å²) in [5.41, 5.74) is 22.6. The molecule has 2 bridgehead atoms. The first-order chi connectivity index (χ1) is 24.5. The van der Waals surface area contributed by atoms with Crippen molar-refractivity contribution in [2.45, 2.75) is 44.9 Å². The van der Waals surface area contributed by atoms with Crippen molar-refractivity contribution < 1.29 is 0 Å². The highest BCUT2D eigenvalue weighted by atomic mass is 15.0. The summed E-state index contributed by atoms with van der Waals surface area (Å²) in [7, 11) is 18.7. The molecule has 10 rings (SSSR count). The Bertz CT molecular complexity index is 2630. The molecule has 2 saturated carbocycles. The second-order valence-electron chi connectivity index (χ2n) is 17.4. The Morgan fingerprint density at radius 2 is 1.18 bits per heavy atom. The summed E-state index contributed by atoms with van der Waals surface area (Å²) in [6.07, 6.45) is 5.44. The van der Waals surface area contributed by atoms with Gasteiger partial charge < -0.3 is 9.13 Å². The molecule has 3 aliphatic rings. The van der Waals surface area contributed by atoms with E-state index in [1.54, 1.807) is 11.1 Å². The highest BCUT2D eigenvalue weighted by Gasteiger charge is 2.55. The summed E-state index contributed by atoms with van der Waals surface area (Å²) >= 11 is 0. The van der Waals surface area contributed by atoms with E-state index in [4.69, 9.17) is 0 Å². The van der Waals surface area contributed by atoms with Crippen LogP contribution in [0, 0.1) is 23.7 Å². The van der Waals surface area contributed by atoms with Crippen LogP contribution < -0.4 is 43.7 Å². The van der Waals surface area contributed by atoms with Crippen molar-refractivity contribution in [2.24, 2.45) is 23.7 Å². The zero-order chi connectivity index (χ0) is 35.4. The largest absolute Gasteiger partial charge is 0.310 e. The molecule has 0 radical (unpaired) electrons. The maximum atomic E-state index is 2.65. The van der Waals surface area contributed by atoms with Crippen molar-refractivity contribution in [3.8, 4) is 11.4 Å². The van der Waals surface area contributed by atoms with E-state index < -0.39 is 0 Å². The van der Waals surface area contributed by atoms with Gasteiger partial charge in [0, 0.05) is 32.9 Å². The molecular formula is C41H44B8N2. The van der Waals surface area contributed by atoms with E-state index in [9.17, 15) is 0 Å². The molecule has 51 heavy (non-hydrogen) atoms. The monoisotopic (exact) mass is 652 g/mol. The van der Waals surface area contributed by atoms with Crippen LogP contribution in [0.15, 0.2) is 60.7 Å². The molecule has 3 heterocycles. The van der Waals surface area contributed by atoms with E-state index in [0.717, 1.165) is 11.8 Å². The minimum absolute atomic E-state index is 0.0510. The predicted molar refractivity (Wildman–Crippen MR) is 245 cm³/mol. The number of hydrogen-bond acceptors (Lipinski definition) is 0. The first kappa shape index (κ1) is 31.9. The molecule has 1 spiro atoms. The van der Waals surface area contributed by atoms with Gasteiger partial charge in [-0.25, -0.2) is 0 Å². The molecule has 10 heteroatoms. The summed E-state index contributed by atoms with van der Waals surface area (Å²) < 4.78 is 5.29. The van der Waals surface area contributed by atoms with Gasteiger partial charge in [-0.05, 0) is 95.5 Å². The van der Waals surface area contributed by atoms with Crippen LogP contribution in [0.2, 0.25) is 0 Å². The van der Waals surface area contributed by atoms with Crippen LogP contribution in [-0.4, -0.2) is 71.9 Å². The van der Waals surface area contributed by atoms with Crippen LogP contribution in [0.5, 0.6) is 0 Å². The third-order valence-corrected chi connectivity index (χ3v) is 15.2. The zero-order valence-corrected chi connectivity index (χ0v) is 32.3. The lowest BCUT2D eigenvalue weighted by Crippen LogP contribution is -2.51. The molecule has 2 fully saturated rings. The lowest BCUT2D eigenvalue weighted by atomic mass is 9.47. The second-order valence-corrected chi connectivity index (χ2v) is 17.4. The van der Waals surface area contributed by atoms with E-state index in [0.29, 0.717) is 11.8 Å². The Morgan fingerprint density at radius 3 is 1.86 bits per heavy atom. The van der Waals surface area contributed by atoms with Gasteiger partial charge >= 0.3 is 0 Å². The average molecular weight is 651 g/mol. The second kappa shape index (κ2) is 10.6. The fourth-order valence-electron chi connectivity index (χ4n) is 12.4. The molecule has 2 nitrogen and oxygen atoms in total. The first-order valence-corrected chi connectivity index (χ1v) is 19.6. The molecule has 7 aromatic rings. The molecule has 5 atom stereocenters. The van der Waals surface area contributed by atoms with Crippen molar-refractivity contribution in [3.05, 3.63) is 71.8 Å². The molecule has 242 valence electrons. The molecule has 0 N–H and O–H groups in total. The number of nitrogens with zero attached hydrogens (tertiary/aromatic N) is 2. The highest BCUT2D eigenvalue weighted by Crippen LogP contribution is 2.62. The van der Waals surface area contributed by atoms with Gasteiger partial charge in [0.15, 0.2) is 0 Å². The van der Waals surface area contributed by atoms with Crippen molar-refractivity contribution in [1.82, 2.24) is 9.13 Å². The van der Waals surface area contributed by atoms with Crippen LogP contribution in [0.25, 0.3) is 55.0 Å². The molecule has 1 aliphatic heterocycles. The van der Waals surface area contributed by atoms with E-state index in [1.807, 2.05) is 0 Å². The van der Waals surface area contributed by atoms with Gasteiger partial charge in [0.05, 0.1) is 16.7 Å². The van der Waals surface area contributed by atoms with E-state index in [2.05, 4.69) is 146 Å². The van der Waals surface area contributed by atoms with Gasteiger partial charge in [-0.1, -0.05) is 83.0 Å². The lowest BCUT2D eigenvalue weighted by molar-refractivity contribution is 0.0401. The molecule has 5 aromatic carbocycles. The van der Waals surface area contributed by atoms with Crippen LogP contribution in [0.1, 0.15) is 50.7 Å². The predicted octanol–water partition coefficient (Wildman–Crippen LogP) is -3.36. The molecule has 5 unspecified atom stereocenters. The molecule has 2 aromatic heterocycles. The minimum atomic E-state index is 0.0510. The quantitative estimate of drug-likeness (QED) is 0.165. The van der Waals surface area contributed by atoms with Crippen LogP contribution >= 0.6 is 0 Å². The Hall–Kier alpha value is -3.78. The van der Waals surface area contributed by atoms with Crippen LogP contribution in [0.4, 0.5) is 0 Å². The van der Waals surface area contributed by atoms with E-state index in [-0.39, 0.29) is 5.41 Å². The van der Waals surface area contributed by atoms with Crippen molar-refractivity contribution in [1.29, 1.82) is 0 Å². The SMILES string of the molecule is Bc1c(B)c(B)c2c(c1B)c1c(B)c(B)c(B)c(B)c1n2-c1ccc2c(c1)c1cccc3c1n2-c1ccccc1C31C(C)CC2CC(C)CC1C2. The van der Waals surface area contributed by atoms with E-state index in [1.165, 1.54) is 124 Å². The Kier molecular flexibility index (Phi) is 6.66. The van der Waals surface area contributed by atoms with Gasteiger partial charge in [-0.3, -0.25) is 0 Å². The third kappa shape index (κ3) is 3.80. The highest BCUT2D eigenvalue weighted by molar-refractivity contribution is 6.71. The number of hydrogen-bond donors (Lipinski definition) is 0. The van der Waals surface area contributed by atoms with Gasteiger partial charge in [-0.2, -0.15) is 0 Å². The van der Waals surface area contributed by atoms with Crippen molar-refractivity contribution >= 4 is 150 Å². The fourth-order valence-corrected chi connectivity index (χ4v) is 12.4. The fraction of sp³-hybridized carbons (Fsp3) is 0.268. The lowest BCUT2D eigenvalue weighted by Gasteiger charge is -2.57. The Labute approximate surface area is 309 Å². The molecule has 2 aliphatic carbocycles. The first-order valence-electron chi connectivity index (χ1n) is 19.6. The standard InChI is InChI=1S/C41H44B8N2/c1-17-12-19-14-18(2)41(20(13-17)15-19)24-7-3-4-9-27(24)51-26-11-10-21(16-23(26)22-6-5-8-25(41)38(22)51)50-39-28(30(42)32(44)34(46)36(39)48)29-31(43)33(45)35(47)37(49)40(29)50/h3-11,16-20H,12-15,42-49H2,1-2H3. The smallest absolute Gasteiger partial charge is 0.141 e.